The van der Waals surface area contributed by atoms with Gasteiger partial charge >= 0.3 is 0 Å². The van der Waals surface area contributed by atoms with Crippen molar-refractivity contribution in [3.63, 3.8) is 0 Å². The smallest absolute Gasteiger partial charge is 0.223 e. The van der Waals surface area contributed by atoms with Crippen LogP contribution in [-0.2, 0) is 11.3 Å². The molecule has 1 saturated heterocycles. The molecule has 0 aromatic heterocycles. The van der Waals surface area contributed by atoms with Crippen molar-refractivity contribution < 1.29 is 4.79 Å². The molecule has 0 saturated carbocycles. The second-order valence-corrected chi connectivity index (χ2v) is 4.84. The Labute approximate surface area is 107 Å². The summed E-state index contributed by atoms with van der Waals surface area (Å²) in [5.74, 6) is 0.228. The van der Waals surface area contributed by atoms with Crippen molar-refractivity contribution in [2.24, 2.45) is 0 Å². The second kappa shape index (κ2) is 5.52. The summed E-state index contributed by atoms with van der Waals surface area (Å²) in [5.41, 5.74) is 1.13. The van der Waals surface area contributed by atoms with Crippen LogP contribution >= 0.6 is 11.6 Å². The summed E-state index contributed by atoms with van der Waals surface area (Å²) in [4.78, 5) is 15.6. The number of hydrogen-bond acceptors (Lipinski definition) is 2. The molecule has 1 fully saturated rings. The Morgan fingerprint density at radius 3 is 2.76 bits per heavy atom. The number of nitrogens with zero attached hydrogens (tertiary/aromatic N) is 2. The van der Waals surface area contributed by atoms with E-state index in [9.17, 15) is 4.79 Å². The Morgan fingerprint density at radius 1 is 1.24 bits per heavy atom. The lowest BCUT2D eigenvalue weighted by Crippen LogP contribution is -2.29. The topological polar surface area (TPSA) is 23.6 Å². The molecular weight excluding hydrogens is 236 g/mol. The summed E-state index contributed by atoms with van der Waals surface area (Å²) in [6.07, 6.45) is 0.598. The number of amides is 1. The van der Waals surface area contributed by atoms with Crippen LogP contribution < -0.4 is 0 Å². The van der Waals surface area contributed by atoms with Gasteiger partial charge in [-0.1, -0.05) is 29.8 Å². The first-order chi connectivity index (χ1) is 8.16. The van der Waals surface area contributed by atoms with E-state index in [2.05, 4.69) is 4.90 Å². The molecule has 92 valence electrons. The minimum absolute atomic E-state index is 0.228. The van der Waals surface area contributed by atoms with Crippen molar-refractivity contribution >= 4 is 17.5 Å². The van der Waals surface area contributed by atoms with Crippen molar-refractivity contribution in [3.8, 4) is 0 Å². The number of benzene rings is 1. The number of likely N-dealkylation sites (N-methyl/N-ethyl adjacent to an activating group) is 1. The summed E-state index contributed by atoms with van der Waals surface area (Å²) in [7, 11) is 1.86. The first-order valence-electron chi connectivity index (χ1n) is 5.86. The lowest BCUT2D eigenvalue weighted by atomic mass is 10.2. The van der Waals surface area contributed by atoms with Crippen LogP contribution in [0.4, 0.5) is 0 Å². The van der Waals surface area contributed by atoms with Crippen LogP contribution in [0.3, 0.4) is 0 Å². The lowest BCUT2D eigenvalue weighted by Gasteiger charge is -2.20. The minimum atomic E-state index is 0.228. The number of halogens is 1. The first kappa shape index (κ1) is 12.4. The predicted octanol–water partition coefficient (Wildman–Crippen LogP) is 2.00. The molecule has 1 amide bonds. The average molecular weight is 253 g/mol. The van der Waals surface area contributed by atoms with E-state index in [0.29, 0.717) is 6.42 Å². The zero-order chi connectivity index (χ0) is 12.3. The maximum atomic E-state index is 11.6. The SMILES string of the molecule is CN1CCN(Cc2ccccc2Cl)CCC1=O. The molecule has 0 N–H and O–H groups in total. The van der Waals surface area contributed by atoms with Gasteiger partial charge in [0.25, 0.3) is 0 Å². The molecule has 0 spiro atoms. The van der Waals surface area contributed by atoms with Gasteiger partial charge in [0.2, 0.25) is 5.91 Å². The quantitative estimate of drug-likeness (QED) is 0.804. The van der Waals surface area contributed by atoms with Crippen LogP contribution in [0, 0.1) is 0 Å². The van der Waals surface area contributed by atoms with Crippen molar-refractivity contribution in [2.75, 3.05) is 26.7 Å². The van der Waals surface area contributed by atoms with Gasteiger partial charge in [-0.15, -0.1) is 0 Å². The molecule has 0 bridgehead atoms. The van der Waals surface area contributed by atoms with Gasteiger partial charge in [0.1, 0.15) is 0 Å². The lowest BCUT2D eigenvalue weighted by molar-refractivity contribution is -0.129. The number of carbonyl (C=O) groups excluding carboxylic acids is 1. The highest BCUT2D eigenvalue weighted by molar-refractivity contribution is 6.31. The van der Waals surface area contributed by atoms with E-state index in [4.69, 9.17) is 11.6 Å². The van der Waals surface area contributed by atoms with Crippen LogP contribution in [0.2, 0.25) is 5.02 Å². The van der Waals surface area contributed by atoms with Crippen LogP contribution in [0.15, 0.2) is 24.3 Å². The molecule has 1 aliphatic heterocycles. The highest BCUT2D eigenvalue weighted by atomic mass is 35.5. The molecule has 1 aromatic carbocycles. The maximum Gasteiger partial charge on any atom is 0.223 e. The van der Waals surface area contributed by atoms with E-state index in [-0.39, 0.29) is 5.91 Å². The van der Waals surface area contributed by atoms with Crippen molar-refractivity contribution in [3.05, 3.63) is 34.9 Å². The Balaban J connectivity index is 2.00. The zero-order valence-electron chi connectivity index (χ0n) is 10.0. The monoisotopic (exact) mass is 252 g/mol. The van der Waals surface area contributed by atoms with E-state index in [1.807, 2.05) is 31.3 Å². The third kappa shape index (κ3) is 3.20. The van der Waals surface area contributed by atoms with Gasteiger partial charge in [-0.3, -0.25) is 9.69 Å². The fourth-order valence-electron chi connectivity index (χ4n) is 2.00. The van der Waals surface area contributed by atoms with Gasteiger partial charge in [-0.05, 0) is 11.6 Å². The van der Waals surface area contributed by atoms with Crippen molar-refractivity contribution in [1.82, 2.24) is 9.80 Å². The van der Waals surface area contributed by atoms with Gasteiger partial charge in [0.15, 0.2) is 0 Å². The summed E-state index contributed by atoms with van der Waals surface area (Å²) in [5, 5.41) is 0.802. The Kier molecular flexibility index (Phi) is 4.02. The van der Waals surface area contributed by atoms with E-state index in [0.717, 1.165) is 36.8 Å². The van der Waals surface area contributed by atoms with E-state index in [1.165, 1.54) is 0 Å². The van der Waals surface area contributed by atoms with E-state index in [1.54, 1.807) is 4.90 Å². The molecule has 2 rings (SSSR count). The molecule has 3 nitrogen and oxygen atoms in total. The van der Waals surface area contributed by atoms with Crippen LogP contribution in [0.5, 0.6) is 0 Å². The molecule has 1 aromatic rings. The third-order valence-corrected chi connectivity index (χ3v) is 3.54. The Bertz CT molecular complexity index is 408. The van der Waals surface area contributed by atoms with Crippen LogP contribution in [0.25, 0.3) is 0 Å². The summed E-state index contributed by atoms with van der Waals surface area (Å²) in [6.45, 7) is 3.34. The number of rotatable bonds is 2. The van der Waals surface area contributed by atoms with Gasteiger partial charge in [0.05, 0.1) is 0 Å². The van der Waals surface area contributed by atoms with Gasteiger partial charge in [0, 0.05) is 44.7 Å². The molecule has 0 radical (unpaired) electrons. The first-order valence-corrected chi connectivity index (χ1v) is 6.24. The minimum Gasteiger partial charge on any atom is -0.344 e. The fraction of sp³-hybridized carbons (Fsp3) is 0.462. The third-order valence-electron chi connectivity index (χ3n) is 3.17. The van der Waals surface area contributed by atoms with Crippen molar-refractivity contribution in [1.29, 1.82) is 0 Å². The fourth-order valence-corrected chi connectivity index (χ4v) is 2.19. The molecule has 4 heteroatoms. The van der Waals surface area contributed by atoms with Gasteiger partial charge < -0.3 is 4.90 Å². The number of hydrogen-bond donors (Lipinski definition) is 0. The Morgan fingerprint density at radius 2 is 2.00 bits per heavy atom. The largest absolute Gasteiger partial charge is 0.344 e. The molecule has 0 unspecified atom stereocenters. The summed E-state index contributed by atoms with van der Waals surface area (Å²) in [6, 6.07) is 7.88. The molecule has 1 aliphatic rings. The van der Waals surface area contributed by atoms with Crippen molar-refractivity contribution in [2.45, 2.75) is 13.0 Å². The summed E-state index contributed by atoms with van der Waals surface area (Å²) < 4.78 is 0. The molecule has 0 atom stereocenters. The Hall–Kier alpha value is -1.06. The average Bonchev–Trinajstić information content (AvgIpc) is 2.48. The highest BCUT2D eigenvalue weighted by Gasteiger charge is 2.18. The standard InChI is InChI=1S/C13H17ClN2O/c1-15-8-9-16(7-6-13(15)17)10-11-4-2-3-5-12(11)14/h2-5H,6-10H2,1H3. The normalized spacial score (nSPS) is 18.2. The van der Waals surface area contributed by atoms with Crippen LogP contribution in [0.1, 0.15) is 12.0 Å². The van der Waals surface area contributed by atoms with E-state index < -0.39 is 0 Å². The highest BCUT2D eigenvalue weighted by Crippen LogP contribution is 2.17. The zero-order valence-corrected chi connectivity index (χ0v) is 10.8. The second-order valence-electron chi connectivity index (χ2n) is 4.43. The van der Waals surface area contributed by atoms with Gasteiger partial charge in [-0.2, -0.15) is 0 Å². The molecular formula is C13H17ClN2O. The summed E-state index contributed by atoms with van der Waals surface area (Å²) >= 11 is 6.14. The van der Waals surface area contributed by atoms with Crippen LogP contribution in [-0.4, -0.2) is 42.4 Å². The van der Waals surface area contributed by atoms with Gasteiger partial charge in [-0.25, -0.2) is 0 Å². The molecule has 0 aliphatic carbocycles. The van der Waals surface area contributed by atoms with E-state index >= 15 is 0 Å². The predicted molar refractivity (Wildman–Crippen MR) is 69.0 cm³/mol. The molecule has 17 heavy (non-hydrogen) atoms. The number of carbonyl (C=O) groups is 1. The molecule has 1 heterocycles. The maximum absolute atomic E-state index is 11.6.